The van der Waals surface area contributed by atoms with E-state index >= 15 is 0 Å². The van der Waals surface area contributed by atoms with Crippen molar-refractivity contribution in [2.45, 2.75) is 123 Å². The molecule has 12 heterocycles. The van der Waals surface area contributed by atoms with E-state index in [0.29, 0.717) is 112 Å². The highest BCUT2D eigenvalue weighted by Crippen LogP contribution is 2.28. The minimum Gasteiger partial charge on any atom is -0.459 e. The third-order valence-electron chi connectivity index (χ3n) is 18.7. The first-order valence-corrected chi connectivity index (χ1v) is 37.0. The molecule has 604 valence electrons. The van der Waals surface area contributed by atoms with Gasteiger partial charge in [0.15, 0.2) is 0 Å². The van der Waals surface area contributed by atoms with Crippen molar-refractivity contribution in [2.24, 2.45) is 5.73 Å². The average molecular weight is 1590 g/mol. The number of hydrogen-bond donors (Lipinski definition) is 4. The van der Waals surface area contributed by atoms with E-state index in [1.54, 1.807) is 64.8 Å². The van der Waals surface area contributed by atoms with Crippen LogP contribution in [0.1, 0.15) is 158 Å². The number of esters is 1. The SMILES string of the molecule is C.C.CCOC(=O)c1nnc(Cc2ccccc2)o1.CN1C(=O)C(N)CCc2cccnc21.CN1C(=O)C(NC(=O)c2nnc(Cc3ccccc3)o2)CCc2cccnc21.CN1C(=O)[C@@H](NC(=O)c2nnc(Cc3ccccc3)o2)CCc2cccnc21.CN1C(=O)[C@H](NC(=O)c2nnc(Cc3ccccc3)o2)CCc2cccnc21. The van der Waals surface area contributed by atoms with Gasteiger partial charge in [0.05, 0.1) is 38.3 Å². The van der Waals surface area contributed by atoms with Crippen LogP contribution in [-0.4, -0.2) is 167 Å². The number of amides is 7. The molecule has 0 radical (unpaired) electrons. The van der Waals surface area contributed by atoms with Gasteiger partial charge in [0, 0.05) is 53.0 Å². The molecule has 0 fully saturated rings. The number of nitrogens with zero attached hydrogens (tertiary/aromatic N) is 16. The minimum atomic E-state index is -0.684. The first-order chi connectivity index (χ1) is 55.8. The molecule has 0 spiro atoms. The Hall–Kier alpha value is -14.2. The number of nitrogens with two attached hydrogens (primary N) is 1. The van der Waals surface area contributed by atoms with E-state index in [1.807, 2.05) is 170 Å². The normalized spacial score (nSPS) is 15.8. The van der Waals surface area contributed by atoms with Gasteiger partial charge in [-0.25, -0.2) is 24.7 Å². The van der Waals surface area contributed by atoms with E-state index in [0.717, 1.165) is 56.7 Å². The van der Waals surface area contributed by atoms with Crippen LogP contribution in [0.2, 0.25) is 0 Å². The quantitative estimate of drug-likeness (QED) is 0.0656. The maximum atomic E-state index is 12.7. The largest absolute Gasteiger partial charge is 0.459 e. The van der Waals surface area contributed by atoms with Gasteiger partial charge in [-0.1, -0.05) is 160 Å². The molecule has 0 saturated carbocycles. The number of rotatable bonds is 16. The second kappa shape index (κ2) is 41.0. The zero-order chi connectivity index (χ0) is 80.7. The number of anilines is 4. The molecular formula is C84H90N20O13. The Balaban J connectivity index is 0.000000157. The van der Waals surface area contributed by atoms with Crippen LogP contribution in [0.15, 0.2) is 212 Å². The molecule has 5 N–H and O–H groups in total. The van der Waals surface area contributed by atoms with E-state index in [1.165, 1.54) is 14.7 Å². The number of benzene rings is 4. The van der Waals surface area contributed by atoms with Crippen LogP contribution >= 0.6 is 0 Å². The number of carbonyl (C=O) groups is 8. The molecule has 4 atom stereocenters. The van der Waals surface area contributed by atoms with E-state index in [2.05, 4.69) is 76.7 Å². The topological polar surface area (TPSA) is 428 Å². The molecule has 33 nitrogen and oxygen atoms in total. The van der Waals surface area contributed by atoms with Crippen LogP contribution < -0.4 is 41.3 Å². The predicted octanol–water partition coefficient (Wildman–Crippen LogP) is 8.72. The van der Waals surface area contributed by atoms with Crippen molar-refractivity contribution >= 4 is 70.6 Å². The smallest absolute Gasteiger partial charge is 0.396 e. The summed E-state index contributed by atoms with van der Waals surface area (Å²) < 4.78 is 26.4. The number of carbonyl (C=O) groups excluding carboxylic acids is 8. The zero-order valence-electron chi connectivity index (χ0n) is 63.5. The van der Waals surface area contributed by atoms with Gasteiger partial charge in [-0.3, -0.25) is 53.2 Å². The molecule has 0 aliphatic carbocycles. The van der Waals surface area contributed by atoms with Crippen molar-refractivity contribution < 1.29 is 60.8 Å². The van der Waals surface area contributed by atoms with Crippen molar-refractivity contribution in [3.8, 4) is 0 Å². The van der Waals surface area contributed by atoms with E-state index < -0.39 is 47.9 Å². The lowest BCUT2D eigenvalue weighted by atomic mass is 10.1. The van der Waals surface area contributed by atoms with Gasteiger partial charge in [-0.15, -0.1) is 40.8 Å². The summed E-state index contributed by atoms with van der Waals surface area (Å²) >= 11 is 0. The van der Waals surface area contributed by atoms with Gasteiger partial charge in [-0.05, 0) is 127 Å². The van der Waals surface area contributed by atoms with Crippen molar-refractivity contribution in [3.63, 3.8) is 0 Å². The number of ether oxygens (including phenoxy) is 1. The Morgan fingerprint density at radius 3 is 0.906 bits per heavy atom. The molecule has 4 aliphatic rings. The first kappa shape index (κ1) is 85.2. The Bertz CT molecular complexity index is 4950. The summed E-state index contributed by atoms with van der Waals surface area (Å²) in [5, 5.41) is 38.8. The minimum absolute atomic E-state index is 0. The fourth-order valence-electron chi connectivity index (χ4n) is 12.8. The van der Waals surface area contributed by atoms with Crippen LogP contribution in [0.4, 0.5) is 23.3 Å². The van der Waals surface area contributed by atoms with Crippen LogP contribution in [-0.2, 0) is 75.3 Å². The second-order valence-corrected chi connectivity index (χ2v) is 26.7. The van der Waals surface area contributed by atoms with Gasteiger partial charge in [0.25, 0.3) is 0 Å². The third kappa shape index (κ3) is 22.4. The summed E-state index contributed by atoms with van der Waals surface area (Å²) in [6.07, 6.45) is 13.3. The summed E-state index contributed by atoms with van der Waals surface area (Å²) in [5.41, 5.74) is 13.8. The van der Waals surface area contributed by atoms with Crippen molar-refractivity contribution in [2.75, 3.05) is 54.4 Å². The Morgan fingerprint density at radius 2 is 0.624 bits per heavy atom. The van der Waals surface area contributed by atoms with Gasteiger partial charge in [0.2, 0.25) is 47.2 Å². The molecule has 117 heavy (non-hydrogen) atoms. The van der Waals surface area contributed by atoms with Crippen LogP contribution in [0, 0.1) is 0 Å². The fourth-order valence-corrected chi connectivity index (χ4v) is 12.8. The van der Waals surface area contributed by atoms with Gasteiger partial charge < -0.3 is 44.1 Å². The maximum Gasteiger partial charge on any atom is 0.396 e. The Morgan fingerprint density at radius 1 is 0.368 bits per heavy atom. The number of fused-ring (bicyclic) bond motifs is 4. The lowest BCUT2D eigenvalue weighted by Crippen LogP contribution is -2.47. The molecule has 16 rings (SSSR count). The number of aromatic nitrogens is 12. The Kier molecular flexibility index (Phi) is 29.8. The molecule has 8 aromatic heterocycles. The van der Waals surface area contributed by atoms with E-state index in [9.17, 15) is 38.4 Å². The average Bonchev–Trinajstić information content (AvgIpc) is 1.70. The summed E-state index contributed by atoms with van der Waals surface area (Å²) in [6.45, 7) is 2.01. The molecule has 0 bridgehead atoms. The summed E-state index contributed by atoms with van der Waals surface area (Å²) in [7, 11) is 6.69. The van der Waals surface area contributed by atoms with E-state index in [4.69, 9.17) is 28.1 Å². The number of aryl methyl sites for hydroxylation is 4. The van der Waals surface area contributed by atoms with Crippen molar-refractivity contribution in [1.82, 2.24) is 76.7 Å². The highest BCUT2D eigenvalue weighted by Gasteiger charge is 2.35. The third-order valence-corrected chi connectivity index (χ3v) is 18.7. The van der Waals surface area contributed by atoms with Crippen molar-refractivity contribution in [3.05, 3.63) is 286 Å². The number of nitrogens with one attached hydrogen (secondary N) is 3. The lowest BCUT2D eigenvalue weighted by Gasteiger charge is -2.20. The Labute approximate surface area is 674 Å². The summed E-state index contributed by atoms with van der Waals surface area (Å²) in [5.74, 6) is 0.485. The molecular weight excluding hydrogens is 1500 g/mol. The van der Waals surface area contributed by atoms with Gasteiger partial charge in [0.1, 0.15) is 41.4 Å². The van der Waals surface area contributed by atoms with Crippen LogP contribution in [0.25, 0.3) is 0 Å². The molecule has 33 heteroatoms. The molecule has 4 aliphatic heterocycles. The second-order valence-electron chi connectivity index (χ2n) is 26.7. The molecule has 12 aromatic rings. The first-order valence-electron chi connectivity index (χ1n) is 37.0. The predicted molar refractivity (Wildman–Crippen MR) is 429 cm³/mol. The molecule has 4 aromatic carbocycles. The molecule has 7 amide bonds. The van der Waals surface area contributed by atoms with Gasteiger partial charge in [-0.2, -0.15) is 0 Å². The number of hydrogen-bond acceptors (Lipinski definition) is 26. The highest BCUT2D eigenvalue weighted by molar-refractivity contribution is 6.03. The number of likely N-dealkylation sites (N-methyl/N-ethyl adjacent to an activating group) is 4. The zero-order valence-corrected chi connectivity index (χ0v) is 63.5. The van der Waals surface area contributed by atoms with Crippen LogP contribution in [0.3, 0.4) is 0 Å². The number of pyridine rings is 4. The monoisotopic (exact) mass is 1590 g/mol. The summed E-state index contributed by atoms with van der Waals surface area (Å²) in [4.78, 5) is 122. The maximum absolute atomic E-state index is 12.7. The lowest BCUT2D eigenvalue weighted by molar-refractivity contribution is -0.120. The van der Waals surface area contributed by atoms with Gasteiger partial charge >= 0.3 is 47.3 Å². The molecule has 2 unspecified atom stereocenters. The van der Waals surface area contributed by atoms with Crippen molar-refractivity contribution in [1.29, 1.82) is 0 Å². The summed E-state index contributed by atoms with van der Waals surface area (Å²) in [6, 6.07) is 51.3. The van der Waals surface area contributed by atoms with Crippen LogP contribution in [0.5, 0.6) is 0 Å². The fraction of sp³-hybridized carbons (Fsp3) is 0.286. The highest BCUT2D eigenvalue weighted by atomic mass is 16.5. The standard InChI is InChI=1S/3C20H19N5O3.C12H12N2O3.C10H13N3O.2CH4/c3*1-25-17-14(8-5-11-21-17)9-10-15(20(25)27)22-18(26)19-24-23-16(28-19)12-13-6-3-2-4-7-13;1-2-16-12(15)11-14-13-10(17-11)8-9-6-4-3-5-7-9;1-13-9-7(3-2-6-12-9)4-5-8(11)10(13)14;;/h3*2-8,11,15H,9-10,12H2,1H3,(H,22,26);3-7H,2,8H2,1H3;2-3,6,8H,4-5,11H2,1H3;2*1H4/t2*15-;;;;;/m10...../s1. The van der Waals surface area contributed by atoms with E-state index in [-0.39, 0.29) is 68.7 Å². The molecule has 0 saturated heterocycles.